The van der Waals surface area contributed by atoms with Gasteiger partial charge in [-0.3, -0.25) is 4.90 Å². The van der Waals surface area contributed by atoms with Crippen molar-refractivity contribution in [2.75, 3.05) is 12.8 Å². The Kier molecular flexibility index (Phi) is 4.69. The molecule has 0 atom stereocenters. The van der Waals surface area contributed by atoms with Gasteiger partial charge in [-0.25, -0.2) is 0 Å². The molecule has 2 nitrogen and oxygen atoms in total. The van der Waals surface area contributed by atoms with Crippen LogP contribution in [0.1, 0.15) is 16.7 Å². The number of nitrogens with two attached hydrogens (primary N) is 1. The summed E-state index contributed by atoms with van der Waals surface area (Å²) in [7, 11) is 2.21. The Bertz CT molecular complexity index is 558. The van der Waals surface area contributed by atoms with Crippen LogP contribution in [0.15, 0.2) is 48.5 Å². The van der Waals surface area contributed by atoms with Crippen LogP contribution in [0.5, 0.6) is 0 Å². The SMILES string of the molecule is CN(Cc1cccc(N)c1)C1Cc2ccccc2C1.Cl. The van der Waals surface area contributed by atoms with E-state index in [1.165, 1.54) is 16.7 Å². The number of fused-ring (bicyclic) bond motifs is 1. The number of benzene rings is 2. The third-order valence-electron chi connectivity index (χ3n) is 4.04. The van der Waals surface area contributed by atoms with Gasteiger partial charge < -0.3 is 5.73 Å². The lowest BCUT2D eigenvalue weighted by Gasteiger charge is -2.24. The molecule has 0 spiro atoms. The molecule has 0 amide bonds. The van der Waals surface area contributed by atoms with Crippen LogP contribution in [0.3, 0.4) is 0 Å². The van der Waals surface area contributed by atoms with Gasteiger partial charge in [0.1, 0.15) is 0 Å². The summed E-state index contributed by atoms with van der Waals surface area (Å²) in [5.41, 5.74) is 11.0. The molecule has 2 N–H and O–H groups in total. The van der Waals surface area contributed by atoms with Crippen molar-refractivity contribution >= 4 is 18.1 Å². The molecule has 0 heterocycles. The van der Waals surface area contributed by atoms with Gasteiger partial charge >= 0.3 is 0 Å². The topological polar surface area (TPSA) is 29.3 Å². The lowest BCUT2D eigenvalue weighted by Crippen LogP contribution is -2.31. The van der Waals surface area contributed by atoms with Gasteiger partial charge in [0, 0.05) is 18.3 Å². The number of likely N-dealkylation sites (N-methyl/N-ethyl adjacent to an activating group) is 1. The minimum atomic E-state index is 0. The first kappa shape index (κ1) is 14.9. The summed E-state index contributed by atoms with van der Waals surface area (Å²) in [6.07, 6.45) is 2.32. The van der Waals surface area contributed by atoms with Crippen molar-refractivity contribution in [1.29, 1.82) is 0 Å². The highest BCUT2D eigenvalue weighted by molar-refractivity contribution is 5.85. The zero-order valence-corrected chi connectivity index (χ0v) is 12.6. The van der Waals surface area contributed by atoms with Crippen LogP contribution >= 0.6 is 12.4 Å². The van der Waals surface area contributed by atoms with E-state index in [4.69, 9.17) is 5.73 Å². The number of hydrogen-bond donors (Lipinski definition) is 1. The Morgan fingerprint density at radius 2 is 1.70 bits per heavy atom. The van der Waals surface area contributed by atoms with Crippen molar-refractivity contribution in [3.05, 3.63) is 65.2 Å². The number of anilines is 1. The van der Waals surface area contributed by atoms with Crippen molar-refractivity contribution in [3.63, 3.8) is 0 Å². The summed E-state index contributed by atoms with van der Waals surface area (Å²) in [5, 5.41) is 0. The lowest BCUT2D eigenvalue weighted by molar-refractivity contribution is 0.241. The monoisotopic (exact) mass is 288 g/mol. The fourth-order valence-electron chi connectivity index (χ4n) is 2.96. The molecule has 2 aromatic carbocycles. The highest BCUT2D eigenvalue weighted by Gasteiger charge is 2.24. The molecule has 0 fully saturated rings. The Morgan fingerprint density at radius 3 is 2.30 bits per heavy atom. The van der Waals surface area contributed by atoms with E-state index in [1.807, 2.05) is 12.1 Å². The van der Waals surface area contributed by atoms with E-state index in [9.17, 15) is 0 Å². The van der Waals surface area contributed by atoms with E-state index in [0.717, 1.165) is 25.1 Å². The second-order valence-corrected chi connectivity index (χ2v) is 5.49. The number of rotatable bonds is 3. The van der Waals surface area contributed by atoms with Gasteiger partial charge in [0.15, 0.2) is 0 Å². The maximum atomic E-state index is 5.84. The van der Waals surface area contributed by atoms with Gasteiger partial charge in [-0.2, -0.15) is 0 Å². The predicted octanol–water partition coefficient (Wildman–Crippen LogP) is 3.29. The van der Waals surface area contributed by atoms with E-state index in [1.54, 1.807) is 0 Å². The number of hydrogen-bond acceptors (Lipinski definition) is 2. The Morgan fingerprint density at radius 1 is 1.05 bits per heavy atom. The molecule has 0 aromatic heterocycles. The zero-order valence-electron chi connectivity index (χ0n) is 11.8. The van der Waals surface area contributed by atoms with Gasteiger partial charge in [-0.1, -0.05) is 36.4 Å². The average Bonchev–Trinajstić information content (AvgIpc) is 2.82. The molecule has 3 rings (SSSR count). The van der Waals surface area contributed by atoms with Gasteiger partial charge in [-0.15, -0.1) is 12.4 Å². The summed E-state index contributed by atoms with van der Waals surface area (Å²) >= 11 is 0. The Hall–Kier alpha value is -1.51. The molecular formula is C17H21ClN2. The molecule has 20 heavy (non-hydrogen) atoms. The van der Waals surface area contributed by atoms with Crippen molar-refractivity contribution in [3.8, 4) is 0 Å². The highest BCUT2D eigenvalue weighted by Crippen LogP contribution is 2.25. The lowest BCUT2D eigenvalue weighted by atomic mass is 10.1. The van der Waals surface area contributed by atoms with Crippen LogP contribution in [0.2, 0.25) is 0 Å². The maximum absolute atomic E-state index is 5.84. The molecule has 0 saturated heterocycles. The first-order valence-electron chi connectivity index (χ1n) is 6.84. The molecule has 0 bridgehead atoms. The van der Waals surface area contributed by atoms with Crippen LogP contribution in [-0.2, 0) is 19.4 Å². The van der Waals surface area contributed by atoms with Crippen molar-refractivity contribution in [2.45, 2.75) is 25.4 Å². The summed E-state index contributed by atoms with van der Waals surface area (Å²) in [5.74, 6) is 0. The molecule has 0 aliphatic heterocycles. The molecule has 0 radical (unpaired) electrons. The molecule has 2 aromatic rings. The molecule has 1 aliphatic carbocycles. The van der Waals surface area contributed by atoms with Gasteiger partial charge in [-0.05, 0) is 48.7 Å². The number of nitrogens with zero attached hydrogens (tertiary/aromatic N) is 1. The van der Waals surface area contributed by atoms with Crippen LogP contribution in [0.4, 0.5) is 5.69 Å². The largest absolute Gasteiger partial charge is 0.399 e. The third kappa shape index (κ3) is 3.14. The highest BCUT2D eigenvalue weighted by atomic mass is 35.5. The van der Waals surface area contributed by atoms with Gasteiger partial charge in [0.25, 0.3) is 0 Å². The van der Waals surface area contributed by atoms with Crippen molar-refractivity contribution in [1.82, 2.24) is 4.90 Å². The number of halogens is 1. The second-order valence-electron chi connectivity index (χ2n) is 5.49. The normalized spacial score (nSPS) is 14.1. The van der Waals surface area contributed by atoms with E-state index < -0.39 is 0 Å². The van der Waals surface area contributed by atoms with Crippen LogP contribution in [0, 0.1) is 0 Å². The molecular weight excluding hydrogens is 268 g/mol. The minimum Gasteiger partial charge on any atom is -0.399 e. The van der Waals surface area contributed by atoms with E-state index in [2.05, 4.69) is 48.3 Å². The van der Waals surface area contributed by atoms with Gasteiger partial charge in [0.05, 0.1) is 0 Å². The first-order chi connectivity index (χ1) is 9.22. The first-order valence-corrected chi connectivity index (χ1v) is 6.84. The standard InChI is InChI=1S/C17H20N2.ClH/c1-19(12-13-5-4-8-16(18)9-13)17-10-14-6-2-3-7-15(14)11-17;/h2-9,17H,10-12,18H2,1H3;1H. The molecule has 3 heteroatoms. The van der Waals surface area contributed by atoms with Crippen molar-refractivity contribution in [2.24, 2.45) is 0 Å². The van der Waals surface area contributed by atoms with Gasteiger partial charge in [0.2, 0.25) is 0 Å². The summed E-state index contributed by atoms with van der Waals surface area (Å²) < 4.78 is 0. The fourth-order valence-corrected chi connectivity index (χ4v) is 2.96. The molecule has 1 aliphatic rings. The summed E-state index contributed by atoms with van der Waals surface area (Å²) in [6, 6.07) is 17.6. The Balaban J connectivity index is 0.00000147. The Labute approximate surface area is 127 Å². The summed E-state index contributed by atoms with van der Waals surface area (Å²) in [4.78, 5) is 2.44. The molecule has 0 saturated carbocycles. The van der Waals surface area contributed by atoms with E-state index in [-0.39, 0.29) is 12.4 Å². The third-order valence-corrected chi connectivity index (χ3v) is 4.04. The molecule has 0 unspecified atom stereocenters. The van der Waals surface area contributed by atoms with E-state index in [0.29, 0.717) is 6.04 Å². The smallest absolute Gasteiger partial charge is 0.0317 e. The second kappa shape index (κ2) is 6.29. The minimum absolute atomic E-state index is 0. The van der Waals surface area contributed by atoms with Crippen LogP contribution < -0.4 is 5.73 Å². The fraction of sp³-hybridized carbons (Fsp3) is 0.294. The summed E-state index contributed by atoms with van der Waals surface area (Å²) in [6.45, 7) is 0.962. The average molecular weight is 289 g/mol. The van der Waals surface area contributed by atoms with Crippen LogP contribution in [-0.4, -0.2) is 18.0 Å². The quantitative estimate of drug-likeness (QED) is 0.878. The maximum Gasteiger partial charge on any atom is 0.0317 e. The number of nitrogen functional groups attached to an aromatic ring is 1. The zero-order chi connectivity index (χ0) is 13.2. The van der Waals surface area contributed by atoms with Crippen molar-refractivity contribution < 1.29 is 0 Å². The molecule has 106 valence electrons. The van der Waals surface area contributed by atoms with E-state index >= 15 is 0 Å². The van der Waals surface area contributed by atoms with Crippen LogP contribution in [0.25, 0.3) is 0 Å². The predicted molar refractivity (Wildman–Crippen MR) is 87.2 cm³/mol.